The summed E-state index contributed by atoms with van der Waals surface area (Å²) in [5, 5.41) is 5.21. The van der Waals surface area contributed by atoms with E-state index in [1.165, 1.54) is 7.11 Å². The lowest BCUT2D eigenvalue weighted by Crippen LogP contribution is -2.22. The number of amides is 3. The van der Waals surface area contributed by atoms with Crippen LogP contribution in [0.2, 0.25) is 5.02 Å². The van der Waals surface area contributed by atoms with Crippen molar-refractivity contribution in [2.75, 3.05) is 7.11 Å². The predicted molar refractivity (Wildman–Crippen MR) is 93.4 cm³/mol. The summed E-state index contributed by atoms with van der Waals surface area (Å²) in [4.78, 5) is 22.7. The number of urea groups is 1. The van der Waals surface area contributed by atoms with Crippen LogP contribution in [0, 0.1) is 0 Å². The van der Waals surface area contributed by atoms with Gasteiger partial charge in [-0.1, -0.05) is 35.9 Å². The van der Waals surface area contributed by atoms with E-state index in [9.17, 15) is 9.59 Å². The van der Waals surface area contributed by atoms with Gasteiger partial charge >= 0.3 is 6.03 Å². The maximum Gasteiger partial charge on any atom is 0.326 e. The molecule has 128 valence electrons. The summed E-state index contributed by atoms with van der Waals surface area (Å²) in [7, 11) is 1.53. The van der Waals surface area contributed by atoms with Crippen LogP contribution < -0.4 is 20.1 Å². The van der Waals surface area contributed by atoms with E-state index < -0.39 is 11.9 Å². The lowest BCUT2D eigenvalue weighted by molar-refractivity contribution is -0.115. The number of hydrogen-bond acceptors (Lipinski definition) is 4. The van der Waals surface area contributed by atoms with Crippen LogP contribution in [-0.4, -0.2) is 19.0 Å². The molecule has 0 atom stereocenters. The number of ether oxygens (including phenoxy) is 2. The van der Waals surface area contributed by atoms with Gasteiger partial charge in [0.05, 0.1) is 7.11 Å². The highest BCUT2D eigenvalue weighted by atomic mass is 35.5. The quantitative estimate of drug-likeness (QED) is 0.636. The highest BCUT2D eigenvalue weighted by Gasteiger charge is 2.22. The van der Waals surface area contributed by atoms with Crippen molar-refractivity contribution in [3.63, 3.8) is 0 Å². The highest BCUT2D eigenvalue weighted by molar-refractivity contribution is 6.31. The van der Waals surface area contributed by atoms with Gasteiger partial charge in [-0.2, -0.15) is 0 Å². The molecule has 0 saturated carbocycles. The number of nitrogens with one attached hydrogen (secondary N) is 2. The zero-order chi connectivity index (χ0) is 17.8. The zero-order valence-corrected chi connectivity index (χ0v) is 14.1. The summed E-state index contributed by atoms with van der Waals surface area (Å²) in [5.74, 6) is 0.582. The zero-order valence-electron chi connectivity index (χ0n) is 13.3. The fraction of sp³-hybridized carbons (Fsp3) is 0.111. The van der Waals surface area contributed by atoms with Crippen molar-refractivity contribution >= 4 is 29.6 Å². The van der Waals surface area contributed by atoms with Gasteiger partial charge in [0.1, 0.15) is 12.3 Å². The van der Waals surface area contributed by atoms with E-state index in [1.54, 1.807) is 30.3 Å². The van der Waals surface area contributed by atoms with Crippen LogP contribution in [0.25, 0.3) is 6.08 Å². The van der Waals surface area contributed by atoms with Crippen LogP contribution in [0.5, 0.6) is 11.5 Å². The van der Waals surface area contributed by atoms with Crippen LogP contribution in [-0.2, 0) is 11.4 Å². The summed E-state index contributed by atoms with van der Waals surface area (Å²) in [6.07, 6.45) is 1.56. The summed E-state index contributed by atoms with van der Waals surface area (Å²) in [6.45, 7) is 0.301. The van der Waals surface area contributed by atoms with Crippen molar-refractivity contribution < 1.29 is 19.1 Å². The second-order valence-electron chi connectivity index (χ2n) is 5.26. The number of hydrogen-bond donors (Lipinski definition) is 2. The second kappa shape index (κ2) is 7.27. The Kier molecular flexibility index (Phi) is 4.90. The van der Waals surface area contributed by atoms with Gasteiger partial charge in [-0.3, -0.25) is 10.1 Å². The Bertz CT molecular complexity index is 864. The Hall–Kier alpha value is -2.99. The van der Waals surface area contributed by atoms with Gasteiger partial charge < -0.3 is 14.8 Å². The van der Waals surface area contributed by atoms with Crippen molar-refractivity contribution in [2.45, 2.75) is 6.61 Å². The first-order chi connectivity index (χ1) is 12.1. The largest absolute Gasteiger partial charge is 0.493 e. The van der Waals surface area contributed by atoms with E-state index >= 15 is 0 Å². The van der Waals surface area contributed by atoms with E-state index in [2.05, 4.69) is 10.6 Å². The molecule has 1 heterocycles. The minimum Gasteiger partial charge on any atom is -0.493 e. The van der Waals surface area contributed by atoms with Crippen LogP contribution >= 0.6 is 11.6 Å². The number of carbonyl (C=O) groups excluding carboxylic acids is 2. The SMILES string of the molecule is COc1cc(/C=C2/NC(=O)NC2=O)ccc1OCc1ccccc1Cl. The third-order valence-electron chi connectivity index (χ3n) is 3.56. The lowest BCUT2D eigenvalue weighted by Gasteiger charge is -2.12. The fourth-order valence-corrected chi connectivity index (χ4v) is 2.50. The van der Waals surface area contributed by atoms with E-state index in [-0.39, 0.29) is 5.70 Å². The number of methoxy groups -OCH3 is 1. The molecule has 0 spiro atoms. The first-order valence-corrected chi connectivity index (χ1v) is 7.83. The van der Waals surface area contributed by atoms with E-state index in [0.29, 0.717) is 28.7 Å². The monoisotopic (exact) mass is 358 g/mol. The lowest BCUT2D eigenvalue weighted by atomic mass is 10.1. The van der Waals surface area contributed by atoms with Crippen LogP contribution in [0.1, 0.15) is 11.1 Å². The first-order valence-electron chi connectivity index (χ1n) is 7.45. The third kappa shape index (κ3) is 3.92. The molecule has 6 nitrogen and oxygen atoms in total. The molecule has 0 bridgehead atoms. The molecule has 2 aromatic rings. The van der Waals surface area contributed by atoms with Gasteiger partial charge in [0.15, 0.2) is 11.5 Å². The Morgan fingerprint density at radius 2 is 1.88 bits per heavy atom. The molecule has 25 heavy (non-hydrogen) atoms. The minimum atomic E-state index is -0.539. The maximum atomic E-state index is 11.6. The molecule has 0 aromatic heterocycles. The molecular formula is C18H15ClN2O4. The average Bonchev–Trinajstić information content (AvgIpc) is 2.92. The first kappa shape index (κ1) is 16.9. The van der Waals surface area contributed by atoms with Gasteiger partial charge in [0, 0.05) is 10.6 Å². The Balaban J connectivity index is 1.78. The summed E-state index contributed by atoms with van der Waals surface area (Å²) in [6, 6.07) is 12.1. The van der Waals surface area contributed by atoms with Crippen molar-refractivity contribution in [3.8, 4) is 11.5 Å². The van der Waals surface area contributed by atoms with E-state index in [1.807, 2.05) is 18.2 Å². The van der Waals surface area contributed by atoms with Crippen LogP contribution in [0.3, 0.4) is 0 Å². The average molecular weight is 359 g/mol. The summed E-state index contributed by atoms with van der Waals surface area (Å²) < 4.78 is 11.1. The number of imide groups is 1. The van der Waals surface area contributed by atoms with E-state index in [4.69, 9.17) is 21.1 Å². The molecule has 1 aliphatic rings. The van der Waals surface area contributed by atoms with Crippen molar-refractivity contribution in [3.05, 3.63) is 64.3 Å². The molecule has 0 aliphatic carbocycles. The second-order valence-corrected chi connectivity index (χ2v) is 5.66. The molecule has 3 amide bonds. The summed E-state index contributed by atoms with van der Waals surface area (Å²) in [5.41, 5.74) is 1.73. The molecule has 1 aliphatic heterocycles. The summed E-state index contributed by atoms with van der Waals surface area (Å²) >= 11 is 6.12. The van der Waals surface area contributed by atoms with Gasteiger partial charge in [-0.25, -0.2) is 4.79 Å². The normalized spacial score (nSPS) is 15.0. The number of rotatable bonds is 5. The topological polar surface area (TPSA) is 76.7 Å². The van der Waals surface area contributed by atoms with Crippen molar-refractivity contribution in [1.29, 1.82) is 0 Å². The highest BCUT2D eigenvalue weighted by Crippen LogP contribution is 2.30. The molecule has 1 fully saturated rings. The maximum absolute atomic E-state index is 11.6. The van der Waals surface area contributed by atoms with Gasteiger partial charge in [-0.15, -0.1) is 0 Å². The molecular weight excluding hydrogens is 344 g/mol. The molecule has 3 rings (SSSR count). The molecule has 2 N–H and O–H groups in total. The van der Waals surface area contributed by atoms with Crippen LogP contribution in [0.15, 0.2) is 48.2 Å². The standard InChI is InChI=1S/C18H15ClN2O4/c1-24-16-9-11(8-14-17(22)21-18(23)20-14)6-7-15(16)25-10-12-4-2-3-5-13(12)19/h2-9H,10H2,1H3,(H2,20,21,22,23)/b14-8+. The Labute approximate surface area is 149 Å². The van der Waals surface area contributed by atoms with Gasteiger partial charge in [-0.05, 0) is 29.8 Å². The van der Waals surface area contributed by atoms with Crippen molar-refractivity contribution in [1.82, 2.24) is 10.6 Å². The van der Waals surface area contributed by atoms with Gasteiger partial charge in [0.25, 0.3) is 5.91 Å². The van der Waals surface area contributed by atoms with E-state index in [0.717, 1.165) is 5.56 Å². The third-order valence-corrected chi connectivity index (χ3v) is 3.93. The van der Waals surface area contributed by atoms with Gasteiger partial charge in [0.2, 0.25) is 0 Å². The Morgan fingerprint density at radius 1 is 1.08 bits per heavy atom. The molecule has 7 heteroatoms. The predicted octanol–water partition coefficient (Wildman–Crippen LogP) is 3.11. The smallest absolute Gasteiger partial charge is 0.326 e. The number of halogens is 1. The minimum absolute atomic E-state index is 0.178. The van der Waals surface area contributed by atoms with Crippen molar-refractivity contribution in [2.24, 2.45) is 0 Å². The number of benzene rings is 2. The molecule has 0 unspecified atom stereocenters. The van der Waals surface area contributed by atoms with Crippen LogP contribution in [0.4, 0.5) is 4.79 Å². The molecule has 0 radical (unpaired) electrons. The molecule has 1 saturated heterocycles. The molecule has 2 aromatic carbocycles. The fourth-order valence-electron chi connectivity index (χ4n) is 2.31. The Morgan fingerprint density at radius 3 is 2.56 bits per heavy atom. The number of carbonyl (C=O) groups is 2.